The van der Waals surface area contributed by atoms with Gasteiger partial charge in [-0.1, -0.05) is 61.1 Å². The second kappa shape index (κ2) is 9.91. The lowest BCUT2D eigenvalue weighted by molar-refractivity contribution is -0.146. The van der Waals surface area contributed by atoms with E-state index < -0.39 is 5.41 Å². The molecule has 173 valence electrons. The standard InChI is InChI=1S/C26H29ClNO3SSi/c1-28-21-16-23(27)32-24(21)18-7-10-20(22(15-18)30-2)17-5-8-19(9-6-17)26(11-12-26)25(29)31-13-14-33(3)4/h5-10,15-16,28H,11-14H2,1-4H3. The van der Waals surface area contributed by atoms with Crippen LogP contribution in [0.15, 0.2) is 48.5 Å². The Morgan fingerprint density at radius 1 is 1.12 bits per heavy atom. The van der Waals surface area contributed by atoms with Crippen molar-refractivity contribution in [1.82, 2.24) is 0 Å². The Bertz CT molecular complexity index is 1140. The smallest absolute Gasteiger partial charge is 0.316 e. The van der Waals surface area contributed by atoms with Gasteiger partial charge in [-0.25, -0.2) is 0 Å². The summed E-state index contributed by atoms with van der Waals surface area (Å²) in [5, 5.41) is 3.20. The van der Waals surface area contributed by atoms with E-state index in [-0.39, 0.29) is 14.8 Å². The van der Waals surface area contributed by atoms with Crippen LogP contribution in [0.5, 0.6) is 5.75 Å². The molecular formula is C26H29ClNO3SSi. The summed E-state index contributed by atoms with van der Waals surface area (Å²) in [7, 11) is 3.20. The van der Waals surface area contributed by atoms with Gasteiger partial charge in [-0.15, -0.1) is 11.3 Å². The van der Waals surface area contributed by atoms with Gasteiger partial charge >= 0.3 is 5.97 Å². The van der Waals surface area contributed by atoms with Gasteiger partial charge in [0.25, 0.3) is 0 Å². The van der Waals surface area contributed by atoms with Crippen molar-refractivity contribution < 1.29 is 14.3 Å². The number of hydrogen-bond acceptors (Lipinski definition) is 5. The van der Waals surface area contributed by atoms with Gasteiger partial charge < -0.3 is 14.8 Å². The number of esters is 1. The Labute approximate surface area is 206 Å². The maximum Gasteiger partial charge on any atom is 0.316 e. The van der Waals surface area contributed by atoms with Gasteiger partial charge in [-0.2, -0.15) is 0 Å². The topological polar surface area (TPSA) is 47.6 Å². The van der Waals surface area contributed by atoms with Crippen molar-refractivity contribution in [2.75, 3.05) is 26.1 Å². The summed E-state index contributed by atoms with van der Waals surface area (Å²) >= 11 is 7.77. The van der Waals surface area contributed by atoms with Crippen LogP contribution in [0.2, 0.25) is 23.5 Å². The molecule has 1 radical (unpaired) electrons. The zero-order chi connectivity index (χ0) is 23.6. The highest BCUT2D eigenvalue weighted by Crippen LogP contribution is 2.50. The maximum absolute atomic E-state index is 12.7. The van der Waals surface area contributed by atoms with Crippen LogP contribution in [-0.2, 0) is 14.9 Å². The second-order valence-corrected chi connectivity index (χ2v) is 13.3. The third kappa shape index (κ3) is 4.98. The largest absolute Gasteiger partial charge is 0.496 e. The molecule has 3 aromatic rings. The van der Waals surface area contributed by atoms with E-state index in [9.17, 15) is 4.79 Å². The molecule has 0 spiro atoms. The van der Waals surface area contributed by atoms with Crippen molar-refractivity contribution in [1.29, 1.82) is 0 Å². The van der Waals surface area contributed by atoms with Crippen LogP contribution in [0.25, 0.3) is 21.6 Å². The van der Waals surface area contributed by atoms with Crippen LogP contribution in [0.1, 0.15) is 18.4 Å². The molecular weight excluding hydrogens is 470 g/mol. The van der Waals surface area contributed by atoms with E-state index in [4.69, 9.17) is 21.1 Å². The van der Waals surface area contributed by atoms with Crippen molar-refractivity contribution in [2.45, 2.75) is 37.4 Å². The summed E-state index contributed by atoms with van der Waals surface area (Å²) in [4.78, 5) is 13.8. The van der Waals surface area contributed by atoms with Crippen molar-refractivity contribution in [3.05, 3.63) is 58.4 Å². The van der Waals surface area contributed by atoms with Crippen LogP contribution in [-0.4, -0.2) is 35.5 Å². The number of carbonyl (C=O) groups is 1. The van der Waals surface area contributed by atoms with Crippen LogP contribution in [0, 0.1) is 0 Å². The number of thiophene rings is 1. The van der Waals surface area contributed by atoms with Gasteiger partial charge in [-0.3, -0.25) is 4.79 Å². The quantitative estimate of drug-likeness (QED) is 0.252. The first-order chi connectivity index (χ1) is 15.9. The highest BCUT2D eigenvalue weighted by atomic mass is 35.5. The molecule has 1 fully saturated rings. The monoisotopic (exact) mass is 498 g/mol. The second-order valence-electron chi connectivity index (χ2n) is 8.71. The van der Waals surface area contributed by atoms with Crippen molar-refractivity contribution >= 4 is 43.4 Å². The number of ether oxygens (including phenoxy) is 2. The fraction of sp³-hybridized carbons (Fsp3) is 0.346. The number of hydrogen-bond donors (Lipinski definition) is 1. The van der Waals surface area contributed by atoms with Crippen molar-refractivity contribution in [2.24, 2.45) is 0 Å². The van der Waals surface area contributed by atoms with Gasteiger partial charge in [0.05, 0.1) is 34.0 Å². The number of rotatable bonds is 9. The third-order valence-corrected chi connectivity index (χ3v) is 8.68. The van der Waals surface area contributed by atoms with Gasteiger partial charge in [0.1, 0.15) is 5.75 Å². The molecule has 33 heavy (non-hydrogen) atoms. The first-order valence-corrected chi connectivity index (χ1v) is 15.0. The summed E-state index contributed by atoms with van der Waals surface area (Å²) in [6, 6.07) is 17.4. The molecule has 2 aromatic carbocycles. The Morgan fingerprint density at radius 2 is 1.82 bits per heavy atom. The van der Waals surface area contributed by atoms with E-state index in [0.29, 0.717) is 6.61 Å². The number of methoxy groups -OCH3 is 1. The molecule has 4 rings (SSSR count). The predicted molar refractivity (Wildman–Crippen MR) is 140 cm³/mol. The number of halogens is 1. The zero-order valence-corrected chi connectivity index (χ0v) is 22.0. The van der Waals surface area contributed by atoms with E-state index in [1.165, 1.54) is 11.3 Å². The highest BCUT2D eigenvalue weighted by molar-refractivity contribution is 7.20. The average Bonchev–Trinajstić information content (AvgIpc) is 3.54. The number of anilines is 1. The Kier molecular flexibility index (Phi) is 7.17. The predicted octanol–water partition coefficient (Wildman–Crippen LogP) is 7.12. The van der Waals surface area contributed by atoms with Gasteiger partial charge in [-0.05, 0) is 47.7 Å². The van der Waals surface area contributed by atoms with Gasteiger partial charge in [0, 0.05) is 21.4 Å². The summed E-state index contributed by atoms with van der Waals surface area (Å²) in [6.45, 7) is 5.01. The molecule has 1 aromatic heterocycles. The molecule has 4 nitrogen and oxygen atoms in total. The Balaban J connectivity index is 1.56. The summed E-state index contributed by atoms with van der Waals surface area (Å²) in [6.07, 6.45) is 1.72. The normalized spacial score (nSPS) is 14.2. The van der Waals surface area contributed by atoms with Gasteiger partial charge in [0.2, 0.25) is 0 Å². The van der Waals surface area contributed by atoms with Crippen molar-refractivity contribution in [3.63, 3.8) is 0 Å². The summed E-state index contributed by atoms with van der Waals surface area (Å²) in [5.41, 5.74) is 4.70. The first kappa shape index (κ1) is 23.9. The SMILES string of the molecule is CNc1cc(Cl)sc1-c1ccc(-c2ccc(C3(C(=O)OCC[Si](C)C)CC3)cc2)c(OC)c1. The van der Waals surface area contributed by atoms with E-state index >= 15 is 0 Å². The average molecular weight is 499 g/mol. The van der Waals surface area contributed by atoms with E-state index in [1.54, 1.807) is 7.11 Å². The Hall–Kier alpha value is -2.28. The van der Waals surface area contributed by atoms with Crippen LogP contribution >= 0.6 is 22.9 Å². The first-order valence-electron chi connectivity index (χ1n) is 11.1. The molecule has 1 aliphatic carbocycles. The van der Waals surface area contributed by atoms with Crippen LogP contribution in [0.4, 0.5) is 5.69 Å². The Morgan fingerprint density at radius 3 is 2.42 bits per heavy atom. The zero-order valence-electron chi connectivity index (χ0n) is 19.5. The minimum absolute atomic E-state index is 0.0737. The van der Waals surface area contributed by atoms with Gasteiger partial charge in [0.15, 0.2) is 0 Å². The molecule has 1 heterocycles. The highest BCUT2D eigenvalue weighted by Gasteiger charge is 2.52. The fourth-order valence-electron chi connectivity index (χ4n) is 4.02. The third-order valence-electron chi connectivity index (χ3n) is 6.16. The summed E-state index contributed by atoms with van der Waals surface area (Å²) < 4.78 is 12.1. The molecule has 7 heteroatoms. The van der Waals surface area contributed by atoms with Crippen LogP contribution in [0.3, 0.4) is 0 Å². The fourth-order valence-corrected chi connectivity index (χ4v) is 5.76. The van der Waals surface area contributed by atoms with Crippen molar-refractivity contribution in [3.8, 4) is 27.3 Å². The van der Waals surface area contributed by atoms with E-state index in [0.717, 1.165) is 61.8 Å². The molecule has 0 amide bonds. The molecule has 1 N–H and O–H groups in total. The minimum atomic E-state index is -0.456. The maximum atomic E-state index is 12.7. The summed E-state index contributed by atoms with van der Waals surface area (Å²) in [5.74, 6) is 0.722. The molecule has 0 aliphatic heterocycles. The molecule has 1 saturated carbocycles. The minimum Gasteiger partial charge on any atom is -0.496 e. The number of nitrogens with one attached hydrogen (secondary N) is 1. The lowest BCUT2D eigenvalue weighted by Crippen LogP contribution is -2.24. The lowest BCUT2D eigenvalue weighted by Gasteiger charge is -2.16. The van der Waals surface area contributed by atoms with E-state index in [2.05, 4.69) is 54.8 Å². The van der Waals surface area contributed by atoms with Crippen LogP contribution < -0.4 is 10.1 Å². The molecule has 0 saturated heterocycles. The molecule has 0 bridgehead atoms. The van der Waals surface area contributed by atoms with E-state index in [1.807, 2.05) is 19.2 Å². The number of benzene rings is 2. The molecule has 0 atom stereocenters. The molecule has 1 aliphatic rings. The number of carbonyl (C=O) groups excluding carboxylic acids is 1. The lowest BCUT2D eigenvalue weighted by atomic mass is 9.93. The molecule has 0 unspecified atom stereocenters.